The summed E-state index contributed by atoms with van der Waals surface area (Å²) in [7, 11) is 0. The Labute approximate surface area is 151 Å². The second kappa shape index (κ2) is 7.04. The van der Waals surface area contributed by atoms with E-state index in [2.05, 4.69) is 5.32 Å². The molecule has 1 heterocycles. The van der Waals surface area contributed by atoms with E-state index in [1.165, 1.54) is 6.07 Å². The number of nitrogens with one attached hydrogen (secondary N) is 1. The molecule has 3 rings (SSSR count). The number of carbonyl (C=O) groups is 1. The van der Waals surface area contributed by atoms with Crippen LogP contribution in [-0.4, -0.2) is 12.0 Å². The Bertz CT molecular complexity index is 1020. The molecule has 134 valence electrons. The molecule has 0 spiro atoms. The van der Waals surface area contributed by atoms with Crippen molar-refractivity contribution in [1.29, 1.82) is 0 Å². The average Bonchev–Trinajstić information content (AvgIpc) is 2.58. The standard InChI is InChI=1S/C21H21NO4/c1-12-5-7-16(8-6-12)22-21(24)15(4)25-18-11-17-13(2)10-20(23)26-19(17)9-14(18)3/h5-11,15H,1-4H3,(H,22,24)/t15-/m0/s1. The van der Waals surface area contributed by atoms with E-state index in [-0.39, 0.29) is 11.5 Å². The number of aryl methyl sites for hydroxylation is 3. The smallest absolute Gasteiger partial charge is 0.336 e. The minimum atomic E-state index is -0.677. The van der Waals surface area contributed by atoms with Crippen LogP contribution in [0.15, 0.2) is 51.7 Å². The Morgan fingerprint density at radius 3 is 2.42 bits per heavy atom. The lowest BCUT2D eigenvalue weighted by atomic mass is 10.1. The van der Waals surface area contributed by atoms with E-state index in [1.54, 1.807) is 19.1 Å². The van der Waals surface area contributed by atoms with Crippen LogP contribution < -0.4 is 15.7 Å². The maximum absolute atomic E-state index is 12.4. The summed E-state index contributed by atoms with van der Waals surface area (Å²) in [5.74, 6) is 0.352. The molecule has 0 radical (unpaired) electrons. The van der Waals surface area contributed by atoms with Gasteiger partial charge >= 0.3 is 5.63 Å². The molecule has 26 heavy (non-hydrogen) atoms. The molecule has 0 saturated carbocycles. The molecule has 0 bridgehead atoms. The number of rotatable bonds is 4. The molecule has 5 heteroatoms. The van der Waals surface area contributed by atoms with Gasteiger partial charge in [0.05, 0.1) is 0 Å². The van der Waals surface area contributed by atoms with Crippen LogP contribution in [0.3, 0.4) is 0 Å². The Balaban J connectivity index is 1.81. The summed E-state index contributed by atoms with van der Waals surface area (Å²) < 4.78 is 11.1. The molecule has 2 aromatic carbocycles. The van der Waals surface area contributed by atoms with Crippen LogP contribution in [0, 0.1) is 20.8 Å². The van der Waals surface area contributed by atoms with Crippen LogP contribution in [0.5, 0.6) is 5.75 Å². The molecule has 0 aliphatic rings. The topological polar surface area (TPSA) is 68.5 Å². The van der Waals surface area contributed by atoms with Gasteiger partial charge < -0.3 is 14.5 Å². The fourth-order valence-electron chi connectivity index (χ4n) is 2.70. The van der Waals surface area contributed by atoms with Gasteiger partial charge in [-0.25, -0.2) is 4.79 Å². The van der Waals surface area contributed by atoms with Crippen LogP contribution in [0.1, 0.15) is 23.6 Å². The van der Waals surface area contributed by atoms with Crippen molar-refractivity contribution >= 4 is 22.6 Å². The number of hydrogen-bond acceptors (Lipinski definition) is 4. The molecular formula is C21H21NO4. The lowest BCUT2D eigenvalue weighted by Crippen LogP contribution is -2.30. The zero-order chi connectivity index (χ0) is 18.8. The van der Waals surface area contributed by atoms with Crippen LogP contribution in [0.2, 0.25) is 0 Å². The van der Waals surface area contributed by atoms with E-state index < -0.39 is 6.10 Å². The predicted molar refractivity (Wildman–Crippen MR) is 102 cm³/mol. The van der Waals surface area contributed by atoms with Crippen LogP contribution in [-0.2, 0) is 4.79 Å². The number of amides is 1. The minimum Gasteiger partial charge on any atom is -0.481 e. The third-order valence-corrected chi connectivity index (χ3v) is 4.24. The van der Waals surface area contributed by atoms with Gasteiger partial charge in [0.1, 0.15) is 11.3 Å². The highest BCUT2D eigenvalue weighted by molar-refractivity contribution is 5.94. The number of carbonyl (C=O) groups excluding carboxylic acids is 1. The molecule has 0 saturated heterocycles. The van der Waals surface area contributed by atoms with Crippen LogP contribution in [0.25, 0.3) is 11.0 Å². The first kappa shape index (κ1) is 17.7. The van der Waals surface area contributed by atoms with Crippen molar-refractivity contribution in [2.24, 2.45) is 0 Å². The van der Waals surface area contributed by atoms with E-state index in [4.69, 9.17) is 9.15 Å². The first-order valence-corrected chi connectivity index (χ1v) is 8.43. The van der Waals surface area contributed by atoms with Crippen molar-refractivity contribution in [3.63, 3.8) is 0 Å². The van der Waals surface area contributed by atoms with Crippen molar-refractivity contribution in [2.45, 2.75) is 33.8 Å². The number of ether oxygens (including phenoxy) is 1. The zero-order valence-corrected chi connectivity index (χ0v) is 15.3. The molecule has 5 nitrogen and oxygen atoms in total. The Kier molecular flexibility index (Phi) is 4.80. The maximum Gasteiger partial charge on any atom is 0.336 e. The Hall–Kier alpha value is -3.08. The summed E-state index contributed by atoms with van der Waals surface area (Å²) >= 11 is 0. The van der Waals surface area contributed by atoms with Gasteiger partial charge in [-0.2, -0.15) is 0 Å². The molecule has 3 aromatic rings. The summed E-state index contributed by atoms with van der Waals surface area (Å²) in [6, 6.07) is 12.6. The van der Waals surface area contributed by atoms with Crippen molar-refractivity contribution in [1.82, 2.24) is 0 Å². The molecular weight excluding hydrogens is 330 g/mol. The molecule has 1 amide bonds. The van der Waals surface area contributed by atoms with Crippen molar-refractivity contribution in [3.8, 4) is 5.75 Å². The lowest BCUT2D eigenvalue weighted by molar-refractivity contribution is -0.122. The molecule has 0 aliphatic carbocycles. The molecule has 1 aromatic heterocycles. The highest BCUT2D eigenvalue weighted by Gasteiger charge is 2.17. The molecule has 0 unspecified atom stereocenters. The molecule has 0 fully saturated rings. The van der Waals surface area contributed by atoms with E-state index in [9.17, 15) is 9.59 Å². The second-order valence-corrected chi connectivity index (χ2v) is 6.48. The third-order valence-electron chi connectivity index (χ3n) is 4.24. The third kappa shape index (κ3) is 3.77. The number of fused-ring (bicyclic) bond motifs is 1. The van der Waals surface area contributed by atoms with E-state index in [0.29, 0.717) is 11.3 Å². The summed E-state index contributed by atoms with van der Waals surface area (Å²) in [6.07, 6.45) is -0.677. The van der Waals surface area contributed by atoms with Crippen molar-refractivity contribution in [3.05, 3.63) is 69.6 Å². The number of anilines is 1. The van der Waals surface area contributed by atoms with Crippen LogP contribution >= 0.6 is 0 Å². The lowest BCUT2D eigenvalue weighted by Gasteiger charge is -2.17. The van der Waals surface area contributed by atoms with E-state index in [0.717, 1.165) is 27.8 Å². The van der Waals surface area contributed by atoms with Gasteiger partial charge in [-0.05, 0) is 63.1 Å². The first-order valence-electron chi connectivity index (χ1n) is 8.43. The van der Waals surface area contributed by atoms with Crippen LogP contribution in [0.4, 0.5) is 5.69 Å². The molecule has 1 N–H and O–H groups in total. The van der Waals surface area contributed by atoms with Crippen molar-refractivity contribution < 1.29 is 13.9 Å². The minimum absolute atomic E-state index is 0.232. The Morgan fingerprint density at radius 1 is 1.04 bits per heavy atom. The van der Waals surface area contributed by atoms with Gasteiger partial charge in [0.25, 0.3) is 5.91 Å². The highest BCUT2D eigenvalue weighted by atomic mass is 16.5. The van der Waals surface area contributed by atoms with Gasteiger partial charge in [-0.1, -0.05) is 17.7 Å². The average molecular weight is 351 g/mol. The fraction of sp³-hybridized carbons (Fsp3) is 0.238. The number of benzene rings is 2. The summed E-state index contributed by atoms with van der Waals surface area (Å²) in [6.45, 7) is 7.38. The monoisotopic (exact) mass is 351 g/mol. The quantitative estimate of drug-likeness (QED) is 0.718. The predicted octanol–water partition coefficient (Wildman–Crippen LogP) is 4.12. The van der Waals surface area contributed by atoms with Gasteiger partial charge in [-0.3, -0.25) is 4.79 Å². The first-order chi connectivity index (χ1) is 12.3. The largest absolute Gasteiger partial charge is 0.481 e. The SMILES string of the molecule is Cc1ccc(NC(=O)[C@H](C)Oc2cc3c(C)cc(=O)oc3cc2C)cc1. The Morgan fingerprint density at radius 2 is 1.73 bits per heavy atom. The highest BCUT2D eigenvalue weighted by Crippen LogP contribution is 2.27. The number of hydrogen-bond donors (Lipinski definition) is 1. The van der Waals surface area contributed by atoms with Gasteiger partial charge in [0.15, 0.2) is 6.10 Å². The van der Waals surface area contributed by atoms with Gasteiger partial charge in [0.2, 0.25) is 0 Å². The van der Waals surface area contributed by atoms with E-state index >= 15 is 0 Å². The second-order valence-electron chi connectivity index (χ2n) is 6.48. The summed E-state index contributed by atoms with van der Waals surface area (Å²) in [5, 5.41) is 3.63. The van der Waals surface area contributed by atoms with E-state index in [1.807, 2.05) is 45.0 Å². The van der Waals surface area contributed by atoms with Gasteiger partial charge in [0, 0.05) is 17.1 Å². The van der Waals surface area contributed by atoms with Gasteiger partial charge in [-0.15, -0.1) is 0 Å². The summed E-state index contributed by atoms with van der Waals surface area (Å²) in [4.78, 5) is 23.9. The normalized spacial score (nSPS) is 12.0. The molecule has 1 atom stereocenters. The fourth-order valence-corrected chi connectivity index (χ4v) is 2.70. The molecule has 0 aliphatic heterocycles. The van der Waals surface area contributed by atoms with Crippen molar-refractivity contribution in [2.75, 3.05) is 5.32 Å². The maximum atomic E-state index is 12.4. The summed E-state index contributed by atoms with van der Waals surface area (Å²) in [5.41, 5.74) is 3.58. The zero-order valence-electron chi connectivity index (χ0n) is 15.3.